The van der Waals surface area contributed by atoms with Crippen molar-refractivity contribution in [1.29, 1.82) is 0 Å². The van der Waals surface area contributed by atoms with Gasteiger partial charge in [-0.15, -0.1) is 35.3 Å². The third-order valence-electron chi connectivity index (χ3n) is 5.70. The van der Waals surface area contributed by atoms with E-state index >= 15 is 0 Å². The first kappa shape index (κ1) is 22.5. The number of aliphatic imine (C=N–C) groups is 1. The Morgan fingerprint density at radius 3 is 2.93 bits per heavy atom. The van der Waals surface area contributed by atoms with E-state index in [-0.39, 0.29) is 29.9 Å². The van der Waals surface area contributed by atoms with E-state index in [0.717, 1.165) is 38.6 Å². The van der Waals surface area contributed by atoms with Crippen LogP contribution in [0.3, 0.4) is 0 Å². The second-order valence-electron chi connectivity index (χ2n) is 7.92. The first-order valence-corrected chi connectivity index (χ1v) is 10.7. The van der Waals surface area contributed by atoms with Crippen LogP contribution >= 0.6 is 35.3 Å². The molecule has 1 N–H and O–H groups in total. The molecule has 1 aromatic rings. The van der Waals surface area contributed by atoms with Crippen molar-refractivity contribution in [1.82, 2.24) is 15.1 Å². The van der Waals surface area contributed by atoms with Gasteiger partial charge in [0.05, 0.1) is 6.54 Å². The molecule has 7 heteroatoms. The molecule has 3 heterocycles. The molecule has 1 unspecified atom stereocenters. The second kappa shape index (κ2) is 10.1. The number of nitrogens with one attached hydrogen (secondary N) is 1. The topological polar surface area (TPSA) is 47.9 Å². The number of guanidine groups is 1. The molecule has 1 aromatic heterocycles. The summed E-state index contributed by atoms with van der Waals surface area (Å²) in [5, 5.41) is 5.45. The number of carbonyl (C=O) groups is 1. The second-order valence-corrected chi connectivity index (χ2v) is 8.92. The molecule has 5 nitrogen and oxygen atoms in total. The Balaban J connectivity index is 0.00000261. The fourth-order valence-electron chi connectivity index (χ4n) is 4.36. The van der Waals surface area contributed by atoms with Crippen molar-refractivity contribution in [3.8, 4) is 0 Å². The largest absolute Gasteiger partial charge is 0.347 e. The molecule has 27 heavy (non-hydrogen) atoms. The van der Waals surface area contributed by atoms with Gasteiger partial charge >= 0.3 is 0 Å². The Bertz CT molecular complexity index is 658. The Morgan fingerprint density at radius 2 is 2.19 bits per heavy atom. The molecule has 0 spiro atoms. The number of piperidine rings is 1. The molecule has 2 aliphatic rings. The maximum Gasteiger partial charge on any atom is 0.242 e. The number of rotatable bonds is 4. The Labute approximate surface area is 184 Å². The van der Waals surface area contributed by atoms with Gasteiger partial charge in [0.25, 0.3) is 0 Å². The summed E-state index contributed by atoms with van der Waals surface area (Å²) in [5.41, 5.74) is 1.67. The number of hydrogen-bond acceptors (Lipinski definition) is 3. The van der Waals surface area contributed by atoms with E-state index in [9.17, 15) is 4.79 Å². The number of halogens is 1. The maximum atomic E-state index is 12.7. The lowest BCUT2D eigenvalue weighted by atomic mass is 9.78. The molecular weight excluding hydrogens is 471 g/mol. The van der Waals surface area contributed by atoms with Crippen LogP contribution in [0.15, 0.2) is 16.4 Å². The van der Waals surface area contributed by atoms with Crippen molar-refractivity contribution in [3.05, 3.63) is 21.9 Å². The van der Waals surface area contributed by atoms with E-state index in [4.69, 9.17) is 0 Å². The molecule has 0 radical (unpaired) electrons. The molecule has 0 aromatic carbocycles. The van der Waals surface area contributed by atoms with E-state index in [0.29, 0.717) is 12.0 Å². The van der Waals surface area contributed by atoms with E-state index in [1.54, 1.807) is 11.3 Å². The Hall–Kier alpha value is -0.830. The van der Waals surface area contributed by atoms with Crippen molar-refractivity contribution in [2.45, 2.75) is 52.5 Å². The smallest absolute Gasteiger partial charge is 0.242 e. The van der Waals surface area contributed by atoms with Crippen molar-refractivity contribution in [3.63, 3.8) is 0 Å². The third-order valence-corrected chi connectivity index (χ3v) is 6.73. The Kier molecular flexibility index (Phi) is 8.39. The molecular formula is C20H33IN4OS. The SMILES string of the molecule is CCCC1(C)CCCN(C(=NC)NCC(=O)N2CCc3sccc3C2)C1.I. The van der Waals surface area contributed by atoms with E-state index < -0.39 is 0 Å². The summed E-state index contributed by atoms with van der Waals surface area (Å²) in [6.45, 7) is 8.58. The first-order valence-electron chi connectivity index (χ1n) is 9.83. The van der Waals surface area contributed by atoms with Gasteiger partial charge in [-0.2, -0.15) is 0 Å². The third kappa shape index (κ3) is 5.59. The normalized spacial score (nSPS) is 22.9. The minimum absolute atomic E-state index is 0. The van der Waals surface area contributed by atoms with Gasteiger partial charge in [-0.3, -0.25) is 9.79 Å². The molecule has 0 aliphatic carbocycles. The van der Waals surface area contributed by atoms with Crippen LogP contribution in [0.5, 0.6) is 0 Å². The van der Waals surface area contributed by atoms with Crippen molar-refractivity contribution < 1.29 is 4.79 Å². The molecule has 152 valence electrons. The lowest BCUT2D eigenvalue weighted by Crippen LogP contribution is -2.52. The lowest BCUT2D eigenvalue weighted by molar-refractivity contribution is -0.130. The monoisotopic (exact) mass is 504 g/mol. The van der Waals surface area contributed by atoms with Gasteiger partial charge < -0.3 is 15.1 Å². The number of amides is 1. The van der Waals surface area contributed by atoms with Crippen molar-refractivity contribution in [2.24, 2.45) is 10.4 Å². The highest BCUT2D eigenvalue weighted by Crippen LogP contribution is 2.33. The summed E-state index contributed by atoms with van der Waals surface area (Å²) in [5.74, 6) is 1.03. The average Bonchev–Trinajstić information content (AvgIpc) is 3.10. The van der Waals surface area contributed by atoms with E-state index in [1.807, 2.05) is 11.9 Å². The molecule has 0 bridgehead atoms. The highest BCUT2D eigenvalue weighted by molar-refractivity contribution is 14.0. The van der Waals surface area contributed by atoms with Crippen LogP contribution in [-0.4, -0.2) is 54.9 Å². The van der Waals surface area contributed by atoms with Gasteiger partial charge in [0, 0.05) is 38.1 Å². The summed E-state index contributed by atoms with van der Waals surface area (Å²) in [6.07, 6.45) is 5.92. The molecule has 1 fully saturated rings. The quantitative estimate of drug-likeness (QED) is 0.386. The van der Waals surface area contributed by atoms with Crippen LogP contribution in [0.4, 0.5) is 0 Å². The highest BCUT2D eigenvalue weighted by Gasteiger charge is 2.31. The summed E-state index contributed by atoms with van der Waals surface area (Å²) in [7, 11) is 1.82. The fraction of sp³-hybridized carbons (Fsp3) is 0.700. The predicted octanol–water partition coefficient (Wildman–Crippen LogP) is 3.73. The highest BCUT2D eigenvalue weighted by atomic mass is 127. The average molecular weight is 504 g/mol. The van der Waals surface area contributed by atoms with Crippen molar-refractivity contribution in [2.75, 3.05) is 33.2 Å². The minimum Gasteiger partial charge on any atom is -0.347 e. The van der Waals surface area contributed by atoms with Gasteiger partial charge in [-0.05, 0) is 48.1 Å². The summed E-state index contributed by atoms with van der Waals surface area (Å²) in [4.78, 5) is 22.8. The number of fused-ring (bicyclic) bond motifs is 1. The summed E-state index contributed by atoms with van der Waals surface area (Å²) < 4.78 is 0. The zero-order valence-electron chi connectivity index (χ0n) is 16.8. The van der Waals surface area contributed by atoms with Crippen LogP contribution in [0.2, 0.25) is 0 Å². The number of carbonyl (C=O) groups excluding carboxylic acids is 1. The van der Waals surface area contributed by atoms with Crippen LogP contribution in [0, 0.1) is 5.41 Å². The minimum atomic E-state index is 0. The number of likely N-dealkylation sites (tertiary alicyclic amines) is 1. The lowest BCUT2D eigenvalue weighted by Gasteiger charge is -2.42. The Morgan fingerprint density at radius 1 is 1.37 bits per heavy atom. The fourth-order valence-corrected chi connectivity index (χ4v) is 5.25. The molecule has 2 aliphatic heterocycles. The number of nitrogens with zero attached hydrogens (tertiary/aromatic N) is 3. The van der Waals surface area contributed by atoms with E-state index in [1.165, 1.54) is 36.1 Å². The summed E-state index contributed by atoms with van der Waals surface area (Å²) >= 11 is 1.80. The van der Waals surface area contributed by atoms with Gasteiger partial charge in [0.2, 0.25) is 5.91 Å². The van der Waals surface area contributed by atoms with Crippen LogP contribution in [0.25, 0.3) is 0 Å². The van der Waals surface area contributed by atoms with Gasteiger partial charge in [0.15, 0.2) is 5.96 Å². The number of hydrogen-bond donors (Lipinski definition) is 1. The van der Waals surface area contributed by atoms with Crippen LogP contribution < -0.4 is 5.32 Å². The van der Waals surface area contributed by atoms with Gasteiger partial charge in [0.1, 0.15) is 0 Å². The maximum absolute atomic E-state index is 12.7. The zero-order chi connectivity index (χ0) is 18.6. The number of thiophene rings is 1. The zero-order valence-corrected chi connectivity index (χ0v) is 19.9. The van der Waals surface area contributed by atoms with Crippen LogP contribution in [-0.2, 0) is 17.8 Å². The van der Waals surface area contributed by atoms with Crippen LogP contribution in [0.1, 0.15) is 50.0 Å². The first-order chi connectivity index (χ1) is 12.5. The standard InChI is InChI=1S/C20H32N4OS.HI/c1-4-8-20(2)9-5-10-24(15-20)19(21-3)22-13-18(25)23-11-6-17-16(14-23)7-12-26-17;/h7,12H,4-6,8-11,13-15H2,1-3H3,(H,21,22);1H. The molecule has 0 saturated carbocycles. The molecule has 1 saturated heterocycles. The van der Waals surface area contributed by atoms with Crippen molar-refractivity contribution >= 4 is 47.2 Å². The molecule has 1 atom stereocenters. The molecule has 3 rings (SSSR count). The van der Waals surface area contributed by atoms with E-state index in [2.05, 4.69) is 40.5 Å². The summed E-state index contributed by atoms with van der Waals surface area (Å²) in [6, 6.07) is 2.15. The van der Waals surface area contributed by atoms with Gasteiger partial charge in [-0.1, -0.05) is 20.3 Å². The molecule has 1 amide bonds. The predicted molar refractivity (Wildman–Crippen MR) is 124 cm³/mol. The van der Waals surface area contributed by atoms with Gasteiger partial charge in [-0.25, -0.2) is 0 Å².